The molecule has 28 heavy (non-hydrogen) atoms. The van der Waals surface area contributed by atoms with Crippen LogP contribution in [0.4, 0.5) is 10.1 Å². The zero-order valence-corrected chi connectivity index (χ0v) is 16.2. The number of aryl methyl sites for hydroxylation is 2. The van der Waals surface area contributed by atoms with Gasteiger partial charge in [0.05, 0.1) is 23.7 Å². The molecule has 0 saturated carbocycles. The number of carbonyl (C=O) groups excluding carboxylic acids is 2. The van der Waals surface area contributed by atoms with Gasteiger partial charge in [0.25, 0.3) is 0 Å². The summed E-state index contributed by atoms with van der Waals surface area (Å²) in [5.74, 6) is -0.588. The number of hydrogen-bond acceptors (Lipinski definition) is 3. The highest BCUT2D eigenvalue weighted by atomic mass is 19.1. The van der Waals surface area contributed by atoms with E-state index in [0.29, 0.717) is 30.3 Å². The van der Waals surface area contributed by atoms with Gasteiger partial charge in [-0.1, -0.05) is 6.58 Å². The predicted octanol–water partition coefficient (Wildman–Crippen LogP) is 2.17. The van der Waals surface area contributed by atoms with Gasteiger partial charge in [0.15, 0.2) is 0 Å². The van der Waals surface area contributed by atoms with Crippen molar-refractivity contribution in [2.75, 3.05) is 24.5 Å². The lowest BCUT2D eigenvalue weighted by molar-refractivity contribution is -0.126. The second kappa shape index (κ2) is 6.65. The van der Waals surface area contributed by atoms with Gasteiger partial charge < -0.3 is 20.5 Å². The van der Waals surface area contributed by atoms with Gasteiger partial charge in [-0.15, -0.1) is 0 Å². The van der Waals surface area contributed by atoms with Crippen molar-refractivity contribution in [1.82, 2.24) is 9.88 Å². The number of rotatable bonds is 4. The molecule has 2 unspecified atom stereocenters. The minimum absolute atomic E-state index is 0.0139. The van der Waals surface area contributed by atoms with Gasteiger partial charge in [-0.05, 0) is 43.5 Å². The maximum atomic E-state index is 15.3. The number of aromatic nitrogens is 1. The number of halogens is 1. The van der Waals surface area contributed by atoms with Crippen LogP contribution in [0.1, 0.15) is 23.2 Å². The summed E-state index contributed by atoms with van der Waals surface area (Å²) in [5, 5.41) is 0.801. The number of hydrogen-bond donors (Lipinski definition) is 2. The lowest BCUT2D eigenvalue weighted by atomic mass is 10.0. The maximum absolute atomic E-state index is 15.3. The first kappa shape index (κ1) is 18.5. The number of amides is 2. The molecule has 2 fully saturated rings. The highest BCUT2D eigenvalue weighted by molar-refractivity contribution is 6.00. The van der Waals surface area contributed by atoms with E-state index in [0.717, 1.165) is 35.1 Å². The average molecular weight is 384 g/mol. The minimum Gasteiger partial charge on any atom is -0.369 e. The molecule has 2 aliphatic heterocycles. The highest BCUT2D eigenvalue weighted by Crippen LogP contribution is 2.41. The van der Waals surface area contributed by atoms with E-state index in [2.05, 4.69) is 11.6 Å². The SMILES string of the molecule is C=CC(=O)N1CCC2CN(c3c(F)cc(CC(N)=O)c4[nH]c(C)c(C)c34)CC21. The second-order valence-corrected chi connectivity index (χ2v) is 7.89. The molecule has 0 radical (unpaired) electrons. The van der Waals surface area contributed by atoms with Gasteiger partial charge >= 0.3 is 0 Å². The Morgan fingerprint density at radius 2 is 2.14 bits per heavy atom. The van der Waals surface area contributed by atoms with Crippen LogP contribution in [0.5, 0.6) is 0 Å². The third-order valence-corrected chi connectivity index (χ3v) is 6.27. The monoisotopic (exact) mass is 384 g/mol. The topological polar surface area (TPSA) is 82.4 Å². The number of aromatic amines is 1. The molecule has 4 rings (SSSR count). The summed E-state index contributed by atoms with van der Waals surface area (Å²) >= 11 is 0. The highest BCUT2D eigenvalue weighted by Gasteiger charge is 2.43. The Morgan fingerprint density at radius 3 is 2.82 bits per heavy atom. The van der Waals surface area contributed by atoms with Crippen LogP contribution in [0.2, 0.25) is 0 Å². The summed E-state index contributed by atoms with van der Waals surface area (Å²) in [6, 6.07) is 1.49. The fraction of sp³-hybridized carbons (Fsp3) is 0.429. The fourth-order valence-electron chi connectivity index (χ4n) is 4.84. The molecule has 1 aromatic heterocycles. The number of benzene rings is 1. The van der Waals surface area contributed by atoms with Crippen molar-refractivity contribution in [1.29, 1.82) is 0 Å². The number of anilines is 1. The second-order valence-electron chi connectivity index (χ2n) is 7.89. The van der Waals surface area contributed by atoms with Crippen LogP contribution in [0.15, 0.2) is 18.7 Å². The molecule has 7 heteroatoms. The molecule has 0 aliphatic carbocycles. The molecule has 2 atom stereocenters. The molecular weight excluding hydrogens is 359 g/mol. The summed E-state index contributed by atoms with van der Waals surface area (Å²) in [4.78, 5) is 30.8. The minimum atomic E-state index is -0.493. The number of H-pyrrole nitrogens is 1. The fourth-order valence-corrected chi connectivity index (χ4v) is 4.84. The molecule has 2 saturated heterocycles. The van der Waals surface area contributed by atoms with E-state index in [4.69, 9.17) is 5.73 Å². The normalized spacial score (nSPS) is 21.4. The molecule has 148 valence electrons. The molecule has 3 heterocycles. The number of carbonyl (C=O) groups is 2. The number of primary amides is 1. The van der Waals surface area contributed by atoms with E-state index in [1.54, 1.807) is 0 Å². The van der Waals surface area contributed by atoms with Crippen molar-refractivity contribution in [2.45, 2.75) is 32.7 Å². The lowest BCUT2D eigenvalue weighted by Gasteiger charge is -2.26. The Bertz CT molecular complexity index is 996. The molecule has 2 aromatic rings. The van der Waals surface area contributed by atoms with Crippen molar-refractivity contribution in [3.05, 3.63) is 41.4 Å². The summed E-state index contributed by atoms with van der Waals surface area (Å²) in [7, 11) is 0. The summed E-state index contributed by atoms with van der Waals surface area (Å²) in [5.41, 5.74) is 9.15. The zero-order valence-electron chi connectivity index (χ0n) is 16.2. The van der Waals surface area contributed by atoms with Gasteiger partial charge in [-0.2, -0.15) is 0 Å². The van der Waals surface area contributed by atoms with E-state index >= 15 is 4.39 Å². The van der Waals surface area contributed by atoms with Gasteiger partial charge in [0.2, 0.25) is 11.8 Å². The Hall–Kier alpha value is -2.83. The molecule has 1 aromatic carbocycles. The van der Waals surface area contributed by atoms with Gasteiger partial charge in [-0.3, -0.25) is 9.59 Å². The van der Waals surface area contributed by atoms with E-state index in [1.807, 2.05) is 23.6 Å². The first-order valence-corrected chi connectivity index (χ1v) is 9.58. The van der Waals surface area contributed by atoms with Crippen molar-refractivity contribution in [3.8, 4) is 0 Å². The number of fused-ring (bicyclic) bond motifs is 2. The number of likely N-dealkylation sites (tertiary alicyclic amines) is 1. The van der Waals surface area contributed by atoms with Crippen LogP contribution in [-0.2, 0) is 16.0 Å². The van der Waals surface area contributed by atoms with Crippen molar-refractivity contribution >= 4 is 28.4 Å². The number of nitrogens with two attached hydrogens (primary N) is 1. The third kappa shape index (κ3) is 2.77. The van der Waals surface area contributed by atoms with Crippen molar-refractivity contribution in [3.63, 3.8) is 0 Å². The standard InChI is InChI=1S/C21H25FN4O2/c1-4-18(28)26-6-5-13-9-25(10-16(13)26)21-15(22)7-14(8-17(23)27)20-19(21)11(2)12(3)24-20/h4,7,13,16,24H,1,5-6,8-10H2,2-3H3,(H2,23,27). The quantitative estimate of drug-likeness (QED) is 0.793. The molecule has 2 aliphatic rings. The maximum Gasteiger partial charge on any atom is 0.246 e. The van der Waals surface area contributed by atoms with Crippen molar-refractivity contribution < 1.29 is 14.0 Å². The largest absolute Gasteiger partial charge is 0.369 e. The Morgan fingerprint density at radius 1 is 1.39 bits per heavy atom. The van der Waals surface area contributed by atoms with Crippen LogP contribution in [0, 0.1) is 25.6 Å². The van der Waals surface area contributed by atoms with Crippen LogP contribution in [0.25, 0.3) is 10.9 Å². The van der Waals surface area contributed by atoms with E-state index in [9.17, 15) is 9.59 Å². The van der Waals surface area contributed by atoms with Gasteiger partial charge in [0, 0.05) is 36.6 Å². The predicted molar refractivity (Wildman–Crippen MR) is 107 cm³/mol. The lowest BCUT2D eigenvalue weighted by Crippen LogP contribution is -2.38. The Kier molecular flexibility index (Phi) is 4.40. The van der Waals surface area contributed by atoms with Gasteiger partial charge in [0.1, 0.15) is 5.82 Å². The van der Waals surface area contributed by atoms with Gasteiger partial charge in [-0.25, -0.2) is 4.39 Å². The first-order chi connectivity index (χ1) is 13.3. The summed E-state index contributed by atoms with van der Waals surface area (Å²) in [6.45, 7) is 9.51. The molecule has 6 nitrogen and oxygen atoms in total. The molecule has 0 spiro atoms. The van der Waals surface area contributed by atoms with E-state index in [-0.39, 0.29) is 24.2 Å². The summed E-state index contributed by atoms with van der Waals surface area (Å²) in [6.07, 6.45) is 2.25. The zero-order chi connectivity index (χ0) is 20.2. The smallest absolute Gasteiger partial charge is 0.246 e. The molecule has 0 bridgehead atoms. The summed E-state index contributed by atoms with van der Waals surface area (Å²) < 4.78 is 15.3. The molecular formula is C21H25FN4O2. The van der Waals surface area contributed by atoms with Crippen LogP contribution in [0.3, 0.4) is 0 Å². The third-order valence-electron chi connectivity index (χ3n) is 6.27. The first-order valence-electron chi connectivity index (χ1n) is 9.58. The number of nitrogens with zero attached hydrogens (tertiary/aromatic N) is 2. The molecule has 3 N–H and O–H groups in total. The van der Waals surface area contributed by atoms with Crippen LogP contribution >= 0.6 is 0 Å². The Labute approximate surface area is 163 Å². The van der Waals surface area contributed by atoms with E-state index in [1.165, 1.54) is 12.1 Å². The Balaban J connectivity index is 1.78. The van der Waals surface area contributed by atoms with Crippen molar-refractivity contribution in [2.24, 2.45) is 11.7 Å². The van der Waals surface area contributed by atoms with E-state index < -0.39 is 5.91 Å². The molecule has 2 amide bonds. The average Bonchev–Trinajstić information content (AvgIpc) is 3.29. The number of nitrogens with one attached hydrogen (secondary N) is 1. The van der Waals surface area contributed by atoms with Crippen LogP contribution < -0.4 is 10.6 Å². The van der Waals surface area contributed by atoms with Crippen LogP contribution in [-0.4, -0.2) is 47.4 Å².